The van der Waals surface area contributed by atoms with E-state index >= 15 is 0 Å². The van der Waals surface area contributed by atoms with Gasteiger partial charge in [0.2, 0.25) is 15.8 Å². The fourth-order valence-corrected chi connectivity index (χ4v) is 9.89. The zero-order chi connectivity index (χ0) is 24.4. The third-order valence-electron chi connectivity index (χ3n) is 8.65. The molecule has 1 heterocycles. The second-order valence-corrected chi connectivity index (χ2v) is 13.5. The predicted octanol–water partition coefficient (Wildman–Crippen LogP) is 4.53. The standard InChI is InChI=1S/C26H39NO5S/c1-18(2)27(19(3)4)33(29,30)17-25-14-13-21(23(25,5)6)16-26(25)31-22(28)24(7,32-26)15-20-11-9-8-10-12-20/h8-12,18-19,21H,13-17H2,1-7H3/t21?,24-,25?,26?/m0/s1. The molecule has 6 nitrogen and oxygen atoms in total. The molecule has 1 spiro atoms. The van der Waals surface area contributed by atoms with Crippen LogP contribution in [0, 0.1) is 16.7 Å². The number of carbonyl (C=O) groups is 1. The number of fused-ring (bicyclic) bond motifs is 3. The van der Waals surface area contributed by atoms with Gasteiger partial charge in [-0.1, -0.05) is 44.2 Å². The van der Waals surface area contributed by atoms with Crippen LogP contribution in [-0.4, -0.2) is 47.9 Å². The highest BCUT2D eigenvalue weighted by molar-refractivity contribution is 7.89. The van der Waals surface area contributed by atoms with Crippen molar-refractivity contribution in [2.24, 2.45) is 16.7 Å². The van der Waals surface area contributed by atoms with E-state index in [1.807, 2.05) is 58.0 Å². The monoisotopic (exact) mass is 477 g/mol. The molecular formula is C26H39NO5S. The molecule has 2 aliphatic carbocycles. The largest absolute Gasteiger partial charge is 0.430 e. The Morgan fingerprint density at radius 1 is 1.06 bits per heavy atom. The Bertz CT molecular complexity index is 1010. The number of hydrogen-bond donors (Lipinski definition) is 0. The van der Waals surface area contributed by atoms with Gasteiger partial charge in [0.1, 0.15) is 0 Å². The van der Waals surface area contributed by atoms with Gasteiger partial charge in [0.25, 0.3) is 0 Å². The minimum absolute atomic E-state index is 0.0748. The maximum Gasteiger partial charge on any atom is 0.341 e. The highest BCUT2D eigenvalue weighted by atomic mass is 32.2. The van der Waals surface area contributed by atoms with Gasteiger partial charge < -0.3 is 9.47 Å². The lowest BCUT2D eigenvalue weighted by molar-refractivity contribution is -0.253. The van der Waals surface area contributed by atoms with Crippen molar-refractivity contribution in [1.29, 1.82) is 0 Å². The van der Waals surface area contributed by atoms with E-state index in [1.54, 1.807) is 11.2 Å². The Morgan fingerprint density at radius 2 is 1.67 bits per heavy atom. The molecule has 2 saturated carbocycles. The first-order valence-corrected chi connectivity index (χ1v) is 13.8. The maximum atomic E-state index is 13.8. The number of ether oxygens (including phenoxy) is 2. The number of carbonyl (C=O) groups excluding carboxylic acids is 1. The molecule has 3 unspecified atom stereocenters. The van der Waals surface area contributed by atoms with E-state index in [-0.39, 0.29) is 29.2 Å². The third-order valence-corrected chi connectivity index (χ3v) is 11.0. The fourth-order valence-electron chi connectivity index (χ4n) is 7.10. The minimum Gasteiger partial charge on any atom is -0.430 e. The lowest BCUT2D eigenvalue weighted by Gasteiger charge is -2.47. The number of sulfonamides is 1. The van der Waals surface area contributed by atoms with Crippen LogP contribution in [0.1, 0.15) is 73.3 Å². The molecule has 1 aromatic rings. The van der Waals surface area contributed by atoms with E-state index in [1.165, 1.54) is 0 Å². The van der Waals surface area contributed by atoms with Crippen molar-refractivity contribution in [2.75, 3.05) is 5.75 Å². The second-order valence-electron chi connectivity index (χ2n) is 11.7. The summed E-state index contributed by atoms with van der Waals surface area (Å²) in [5.74, 6) is -1.44. The van der Waals surface area contributed by atoms with Crippen molar-refractivity contribution >= 4 is 16.0 Å². The van der Waals surface area contributed by atoms with Gasteiger partial charge in [-0.15, -0.1) is 0 Å². The van der Waals surface area contributed by atoms with Gasteiger partial charge in [0, 0.05) is 24.9 Å². The molecule has 0 N–H and O–H groups in total. The van der Waals surface area contributed by atoms with Crippen LogP contribution in [0.4, 0.5) is 0 Å². The quantitative estimate of drug-likeness (QED) is 0.540. The summed E-state index contributed by atoms with van der Waals surface area (Å²) in [6.45, 7) is 13.7. The van der Waals surface area contributed by atoms with Crippen LogP contribution in [0.25, 0.3) is 0 Å². The van der Waals surface area contributed by atoms with Crippen LogP contribution in [-0.2, 0) is 30.7 Å². The molecule has 184 valence electrons. The fraction of sp³-hybridized carbons (Fsp3) is 0.731. The molecular weight excluding hydrogens is 438 g/mol. The normalized spacial score (nSPS) is 35.3. The van der Waals surface area contributed by atoms with Crippen LogP contribution in [0.5, 0.6) is 0 Å². The summed E-state index contributed by atoms with van der Waals surface area (Å²) < 4.78 is 42.1. The summed E-state index contributed by atoms with van der Waals surface area (Å²) in [6.07, 6.45) is 2.54. The summed E-state index contributed by atoms with van der Waals surface area (Å²) in [7, 11) is -3.63. The maximum absolute atomic E-state index is 13.8. The van der Waals surface area contributed by atoms with E-state index < -0.39 is 32.8 Å². The van der Waals surface area contributed by atoms with Gasteiger partial charge in [-0.2, -0.15) is 4.31 Å². The van der Waals surface area contributed by atoms with Crippen LogP contribution in [0.2, 0.25) is 0 Å². The highest BCUT2D eigenvalue weighted by Gasteiger charge is 2.79. The van der Waals surface area contributed by atoms with Gasteiger partial charge >= 0.3 is 5.97 Å². The van der Waals surface area contributed by atoms with Crippen molar-refractivity contribution < 1.29 is 22.7 Å². The van der Waals surface area contributed by atoms with E-state index in [9.17, 15) is 13.2 Å². The number of rotatable bonds is 7. The molecule has 0 amide bonds. The molecule has 0 aromatic heterocycles. The van der Waals surface area contributed by atoms with Gasteiger partial charge in [0.05, 0.1) is 11.2 Å². The molecule has 1 saturated heterocycles. The minimum atomic E-state index is -3.63. The molecule has 4 rings (SSSR count). The molecule has 2 bridgehead atoms. The highest BCUT2D eigenvalue weighted by Crippen LogP contribution is 2.73. The summed E-state index contributed by atoms with van der Waals surface area (Å²) in [5, 5.41) is 0. The summed E-state index contributed by atoms with van der Waals surface area (Å²) in [6, 6.07) is 9.46. The number of nitrogens with zero attached hydrogens (tertiary/aromatic N) is 1. The van der Waals surface area contributed by atoms with E-state index in [2.05, 4.69) is 13.8 Å². The number of esters is 1. The average molecular weight is 478 g/mol. The smallest absolute Gasteiger partial charge is 0.341 e. The molecule has 33 heavy (non-hydrogen) atoms. The summed E-state index contributed by atoms with van der Waals surface area (Å²) >= 11 is 0. The van der Waals surface area contributed by atoms with Crippen molar-refractivity contribution in [3.05, 3.63) is 35.9 Å². The van der Waals surface area contributed by atoms with E-state index in [4.69, 9.17) is 9.47 Å². The Kier molecular flexibility index (Phi) is 5.82. The van der Waals surface area contributed by atoms with Crippen LogP contribution < -0.4 is 0 Å². The Morgan fingerprint density at radius 3 is 2.21 bits per heavy atom. The lowest BCUT2D eigenvalue weighted by atomic mass is 9.68. The average Bonchev–Trinajstić information content (AvgIpc) is 3.12. The first-order chi connectivity index (χ1) is 15.2. The molecule has 7 heteroatoms. The zero-order valence-electron chi connectivity index (χ0n) is 21.1. The van der Waals surface area contributed by atoms with Crippen LogP contribution >= 0.6 is 0 Å². The van der Waals surface area contributed by atoms with E-state index in [0.29, 0.717) is 19.3 Å². The Hall–Kier alpha value is -1.44. The van der Waals surface area contributed by atoms with Crippen molar-refractivity contribution in [2.45, 2.75) is 97.6 Å². The lowest BCUT2D eigenvalue weighted by Crippen LogP contribution is -2.57. The Balaban J connectivity index is 1.74. The summed E-state index contributed by atoms with van der Waals surface area (Å²) in [4.78, 5) is 13.3. The van der Waals surface area contributed by atoms with Gasteiger partial charge in [-0.05, 0) is 64.4 Å². The second kappa shape index (κ2) is 7.79. The SMILES string of the molecule is CC(C)N(C(C)C)S(=O)(=O)CC12CCC(CC13OC(=O)[C@](C)(Cc1ccccc1)O3)C2(C)C. The van der Waals surface area contributed by atoms with Gasteiger partial charge in [-0.25, -0.2) is 13.2 Å². The van der Waals surface area contributed by atoms with Crippen molar-refractivity contribution in [3.63, 3.8) is 0 Å². The molecule has 1 aliphatic heterocycles. The molecule has 3 aliphatic rings. The molecule has 4 atom stereocenters. The summed E-state index contributed by atoms with van der Waals surface area (Å²) in [5.41, 5.74) is -1.29. The number of benzene rings is 1. The van der Waals surface area contributed by atoms with Crippen LogP contribution in [0.3, 0.4) is 0 Å². The Labute approximate surface area is 199 Å². The topological polar surface area (TPSA) is 72.9 Å². The predicted molar refractivity (Wildman–Crippen MR) is 128 cm³/mol. The first kappa shape index (κ1) is 24.7. The molecule has 3 fully saturated rings. The number of hydrogen-bond acceptors (Lipinski definition) is 5. The first-order valence-electron chi connectivity index (χ1n) is 12.2. The van der Waals surface area contributed by atoms with Crippen molar-refractivity contribution in [1.82, 2.24) is 4.31 Å². The zero-order valence-corrected chi connectivity index (χ0v) is 21.9. The van der Waals surface area contributed by atoms with Gasteiger partial charge in [-0.3, -0.25) is 0 Å². The van der Waals surface area contributed by atoms with Crippen LogP contribution in [0.15, 0.2) is 30.3 Å². The third kappa shape index (κ3) is 3.57. The van der Waals surface area contributed by atoms with Crippen molar-refractivity contribution in [3.8, 4) is 0 Å². The van der Waals surface area contributed by atoms with Gasteiger partial charge in [0.15, 0.2) is 5.60 Å². The molecule has 1 aromatic carbocycles. The molecule has 0 radical (unpaired) electrons. The van der Waals surface area contributed by atoms with E-state index in [0.717, 1.165) is 12.0 Å².